The number of carbonyl (C=O) groups is 2. The van der Waals surface area contributed by atoms with E-state index in [1.54, 1.807) is 0 Å². The van der Waals surface area contributed by atoms with E-state index in [4.69, 9.17) is 4.74 Å². The Morgan fingerprint density at radius 2 is 2.09 bits per heavy atom. The van der Waals surface area contributed by atoms with E-state index in [-0.39, 0.29) is 36.2 Å². The zero-order valence-corrected chi connectivity index (χ0v) is 17.4. The lowest BCUT2D eigenvalue weighted by Gasteiger charge is -2.29. The first-order valence-corrected chi connectivity index (χ1v) is 10.1. The van der Waals surface area contributed by atoms with Gasteiger partial charge in [-0.05, 0) is 30.5 Å². The van der Waals surface area contributed by atoms with Gasteiger partial charge in [-0.2, -0.15) is 18.2 Å². The van der Waals surface area contributed by atoms with Gasteiger partial charge in [0.15, 0.2) is 0 Å². The van der Waals surface area contributed by atoms with E-state index in [2.05, 4.69) is 20.1 Å². The molecule has 1 unspecified atom stereocenters. The number of carbonyl (C=O) groups excluding carboxylic acids is 2. The van der Waals surface area contributed by atoms with Crippen LogP contribution >= 0.6 is 0 Å². The standard InChI is InChI=1S/C20H18F5N5O4/c21-17(22)13-2-1-3-16(27-13)28-18(31)14-6-12-9-29(8-11-4-5-33-10-11)30(15(12)7-26-14)34-19(32)20(23,24)25/h1-3,6-7,11,17H,4-5,8-10H2,(H,27,28,31). The third-order valence-electron chi connectivity index (χ3n) is 5.14. The quantitative estimate of drug-likeness (QED) is 0.621. The number of pyridine rings is 2. The molecule has 0 aliphatic carbocycles. The Hall–Kier alpha value is -3.39. The Kier molecular flexibility index (Phi) is 6.61. The molecule has 1 atom stereocenters. The number of aromatic nitrogens is 2. The molecule has 0 saturated carbocycles. The monoisotopic (exact) mass is 487 g/mol. The molecule has 2 aliphatic rings. The Bertz CT molecular complexity index is 1080. The van der Waals surface area contributed by atoms with Crippen LogP contribution < -0.4 is 10.5 Å². The van der Waals surface area contributed by atoms with Crippen LogP contribution in [0.4, 0.5) is 33.5 Å². The number of nitrogens with one attached hydrogen (secondary N) is 1. The predicted octanol–water partition coefficient (Wildman–Crippen LogP) is 3.26. The molecule has 1 amide bonds. The number of alkyl halides is 5. The summed E-state index contributed by atoms with van der Waals surface area (Å²) in [6.45, 7) is 1.20. The van der Waals surface area contributed by atoms with Crippen LogP contribution in [0.1, 0.15) is 34.6 Å². The first-order valence-electron chi connectivity index (χ1n) is 10.1. The number of ether oxygens (including phenoxy) is 1. The molecule has 182 valence electrons. The lowest BCUT2D eigenvalue weighted by atomic mass is 10.1. The van der Waals surface area contributed by atoms with Crippen LogP contribution in [0.5, 0.6) is 0 Å². The highest BCUT2D eigenvalue weighted by Crippen LogP contribution is 2.34. The average Bonchev–Trinajstić information content (AvgIpc) is 3.41. The molecule has 9 nitrogen and oxygen atoms in total. The highest BCUT2D eigenvalue weighted by Gasteiger charge is 2.45. The predicted molar refractivity (Wildman–Crippen MR) is 105 cm³/mol. The topological polar surface area (TPSA) is 96.9 Å². The molecule has 0 aromatic carbocycles. The molecule has 1 N–H and O–H groups in total. The van der Waals surface area contributed by atoms with Crippen molar-refractivity contribution in [2.45, 2.75) is 25.6 Å². The minimum Gasteiger partial charge on any atom is -0.381 e. The first-order chi connectivity index (χ1) is 16.1. The van der Waals surface area contributed by atoms with E-state index in [1.807, 2.05) is 0 Å². The molecule has 14 heteroatoms. The number of nitrogens with zero attached hydrogens (tertiary/aromatic N) is 4. The van der Waals surface area contributed by atoms with Crippen molar-refractivity contribution in [2.75, 3.05) is 30.2 Å². The zero-order valence-electron chi connectivity index (χ0n) is 17.4. The molecule has 0 bridgehead atoms. The number of hydrazine groups is 1. The number of halogens is 5. The van der Waals surface area contributed by atoms with Crippen LogP contribution in [-0.4, -0.2) is 52.8 Å². The second kappa shape index (κ2) is 9.46. The van der Waals surface area contributed by atoms with Gasteiger partial charge in [0.2, 0.25) is 0 Å². The molecule has 0 radical (unpaired) electrons. The molecule has 4 heterocycles. The summed E-state index contributed by atoms with van der Waals surface area (Å²) in [6.07, 6.45) is -6.25. The van der Waals surface area contributed by atoms with E-state index in [0.29, 0.717) is 25.2 Å². The van der Waals surface area contributed by atoms with Crippen molar-refractivity contribution in [2.24, 2.45) is 5.92 Å². The van der Waals surface area contributed by atoms with Crippen molar-refractivity contribution in [3.63, 3.8) is 0 Å². The maximum absolute atomic E-state index is 12.8. The van der Waals surface area contributed by atoms with Gasteiger partial charge in [-0.25, -0.2) is 23.5 Å². The lowest BCUT2D eigenvalue weighted by molar-refractivity contribution is -0.206. The second-order valence-corrected chi connectivity index (χ2v) is 7.63. The largest absolute Gasteiger partial charge is 0.493 e. The van der Waals surface area contributed by atoms with Gasteiger partial charge in [-0.15, -0.1) is 5.17 Å². The van der Waals surface area contributed by atoms with E-state index >= 15 is 0 Å². The SMILES string of the molecule is O=C(Nc1cccc(C(F)F)n1)c1cc2c(cn1)N(OC(=O)C(F)(F)F)N(CC1CCOC1)C2. The average molecular weight is 487 g/mol. The van der Waals surface area contributed by atoms with Crippen molar-refractivity contribution >= 4 is 23.4 Å². The van der Waals surface area contributed by atoms with Crippen molar-refractivity contribution in [3.8, 4) is 0 Å². The van der Waals surface area contributed by atoms with Crippen molar-refractivity contribution in [1.29, 1.82) is 0 Å². The van der Waals surface area contributed by atoms with Gasteiger partial charge >= 0.3 is 12.1 Å². The van der Waals surface area contributed by atoms with Gasteiger partial charge in [0, 0.05) is 25.3 Å². The maximum atomic E-state index is 12.8. The summed E-state index contributed by atoms with van der Waals surface area (Å²) in [5.74, 6) is -3.28. The molecular weight excluding hydrogens is 469 g/mol. The Morgan fingerprint density at radius 3 is 2.76 bits per heavy atom. The molecule has 2 aromatic rings. The van der Waals surface area contributed by atoms with Crippen LogP contribution in [-0.2, 0) is 20.9 Å². The van der Waals surface area contributed by atoms with E-state index in [1.165, 1.54) is 23.2 Å². The van der Waals surface area contributed by atoms with E-state index in [9.17, 15) is 31.5 Å². The minimum atomic E-state index is -5.21. The lowest BCUT2D eigenvalue weighted by Crippen LogP contribution is -2.44. The number of amides is 1. The number of hydrogen-bond donors (Lipinski definition) is 1. The zero-order chi connectivity index (χ0) is 24.5. The Balaban J connectivity index is 1.54. The first kappa shape index (κ1) is 23.8. The summed E-state index contributed by atoms with van der Waals surface area (Å²) < 4.78 is 69.4. The normalized spacial score (nSPS) is 18.3. The number of anilines is 2. The summed E-state index contributed by atoms with van der Waals surface area (Å²) in [5.41, 5.74) is -0.210. The molecule has 34 heavy (non-hydrogen) atoms. The molecule has 0 spiro atoms. The van der Waals surface area contributed by atoms with Gasteiger partial charge in [-0.1, -0.05) is 6.07 Å². The van der Waals surface area contributed by atoms with Crippen molar-refractivity contribution in [3.05, 3.63) is 47.4 Å². The smallest absolute Gasteiger partial charge is 0.381 e. The highest BCUT2D eigenvalue weighted by molar-refractivity contribution is 6.02. The van der Waals surface area contributed by atoms with E-state index in [0.717, 1.165) is 17.4 Å². The summed E-state index contributed by atoms with van der Waals surface area (Å²) in [7, 11) is 0. The molecule has 4 rings (SSSR count). The second-order valence-electron chi connectivity index (χ2n) is 7.63. The van der Waals surface area contributed by atoms with Gasteiger partial charge in [0.25, 0.3) is 12.3 Å². The van der Waals surface area contributed by atoms with Crippen molar-refractivity contribution in [1.82, 2.24) is 15.0 Å². The molecular formula is C20H18F5N5O4. The third kappa shape index (κ3) is 5.22. The summed E-state index contributed by atoms with van der Waals surface area (Å²) >= 11 is 0. The van der Waals surface area contributed by atoms with Crippen LogP contribution in [0, 0.1) is 5.92 Å². The Labute approximate surface area is 189 Å². The van der Waals surface area contributed by atoms with Crippen LogP contribution in [0.2, 0.25) is 0 Å². The molecule has 2 aromatic heterocycles. The summed E-state index contributed by atoms with van der Waals surface area (Å²) in [6, 6.07) is 5.05. The number of fused-ring (bicyclic) bond motifs is 1. The fourth-order valence-corrected chi connectivity index (χ4v) is 3.55. The minimum absolute atomic E-state index is 0.00492. The highest BCUT2D eigenvalue weighted by atomic mass is 19.4. The van der Waals surface area contributed by atoms with Gasteiger partial charge in [0.1, 0.15) is 22.9 Å². The Morgan fingerprint density at radius 1 is 1.29 bits per heavy atom. The third-order valence-corrected chi connectivity index (χ3v) is 5.14. The van der Waals surface area contributed by atoms with Crippen LogP contribution in [0.25, 0.3) is 0 Å². The fourth-order valence-electron chi connectivity index (χ4n) is 3.55. The van der Waals surface area contributed by atoms with Gasteiger partial charge < -0.3 is 14.9 Å². The molecule has 1 fully saturated rings. The van der Waals surface area contributed by atoms with Crippen LogP contribution in [0.3, 0.4) is 0 Å². The fraction of sp³-hybridized carbons (Fsp3) is 0.400. The number of rotatable bonds is 6. The van der Waals surface area contributed by atoms with Crippen LogP contribution in [0.15, 0.2) is 30.5 Å². The number of hydrogen-bond acceptors (Lipinski definition) is 8. The van der Waals surface area contributed by atoms with Crippen molar-refractivity contribution < 1.29 is 41.1 Å². The summed E-state index contributed by atoms with van der Waals surface area (Å²) in [5, 5.41) is 4.48. The van der Waals surface area contributed by atoms with E-state index < -0.39 is 30.2 Å². The maximum Gasteiger partial charge on any atom is 0.493 e. The molecule has 1 saturated heterocycles. The molecule has 2 aliphatic heterocycles. The van der Waals surface area contributed by atoms with Gasteiger partial charge in [-0.3, -0.25) is 4.79 Å². The summed E-state index contributed by atoms with van der Waals surface area (Å²) in [4.78, 5) is 36.2. The van der Waals surface area contributed by atoms with Gasteiger partial charge in [0.05, 0.1) is 12.8 Å².